The van der Waals surface area contributed by atoms with Crippen molar-refractivity contribution < 1.29 is 32.2 Å². The number of rotatable bonds is 10. The molecule has 0 spiro atoms. The minimum atomic E-state index is -3.12. The summed E-state index contributed by atoms with van der Waals surface area (Å²) >= 11 is 0. The second kappa shape index (κ2) is 10.7. The Labute approximate surface area is 178 Å². The molecule has 1 amide bonds. The molecular weight excluding hydrogens is 410 g/mol. The molecule has 1 saturated heterocycles. The number of esters is 1. The molecule has 9 heteroatoms. The van der Waals surface area contributed by atoms with Crippen LogP contribution in [0.15, 0.2) is 18.2 Å². The molecule has 168 valence electrons. The molecule has 2 atom stereocenters. The number of hydrogen-bond donors (Lipinski definition) is 0. The second-order valence-electron chi connectivity index (χ2n) is 7.17. The average Bonchev–Trinajstić information content (AvgIpc) is 3.06. The van der Waals surface area contributed by atoms with Gasteiger partial charge in [0, 0.05) is 12.6 Å². The van der Waals surface area contributed by atoms with Crippen LogP contribution in [0.5, 0.6) is 11.5 Å². The van der Waals surface area contributed by atoms with Gasteiger partial charge in [0.15, 0.2) is 27.4 Å². The number of carbonyl (C=O) groups is 2. The van der Waals surface area contributed by atoms with E-state index >= 15 is 0 Å². The molecule has 1 fully saturated rings. The molecule has 0 saturated carbocycles. The summed E-state index contributed by atoms with van der Waals surface area (Å²) in [5.41, 5.74) is 0.244. The van der Waals surface area contributed by atoms with Crippen LogP contribution in [0.1, 0.15) is 50.9 Å². The summed E-state index contributed by atoms with van der Waals surface area (Å²) in [6, 6.07) is 4.36. The topological polar surface area (TPSA) is 99.2 Å². The van der Waals surface area contributed by atoms with E-state index in [1.165, 1.54) is 17.9 Å². The lowest BCUT2D eigenvalue weighted by atomic mass is 10.2. The van der Waals surface area contributed by atoms with Crippen molar-refractivity contribution in [3.63, 3.8) is 0 Å². The lowest BCUT2D eigenvalue weighted by molar-refractivity contribution is -0.141. The van der Waals surface area contributed by atoms with E-state index in [-0.39, 0.29) is 23.1 Å². The molecule has 1 aromatic carbocycles. The molecule has 30 heavy (non-hydrogen) atoms. The lowest BCUT2D eigenvalue weighted by Gasteiger charge is -2.29. The number of nitrogens with zero attached hydrogens (tertiary/aromatic N) is 1. The third kappa shape index (κ3) is 6.10. The molecule has 1 heterocycles. The Morgan fingerprint density at radius 3 is 2.47 bits per heavy atom. The maximum absolute atomic E-state index is 12.8. The Balaban J connectivity index is 2.08. The first kappa shape index (κ1) is 24.0. The van der Waals surface area contributed by atoms with Crippen molar-refractivity contribution >= 4 is 21.7 Å². The van der Waals surface area contributed by atoms with Crippen LogP contribution in [0.2, 0.25) is 0 Å². The average molecular weight is 442 g/mol. The zero-order valence-corrected chi connectivity index (χ0v) is 18.9. The first-order chi connectivity index (χ1) is 14.2. The monoisotopic (exact) mass is 441 g/mol. The van der Waals surface area contributed by atoms with E-state index in [9.17, 15) is 18.0 Å². The summed E-state index contributed by atoms with van der Waals surface area (Å²) < 4.78 is 40.1. The normalized spacial score (nSPS) is 18.5. The van der Waals surface area contributed by atoms with Crippen molar-refractivity contribution in [2.45, 2.75) is 52.7 Å². The first-order valence-corrected chi connectivity index (χ1v) is 12.2. The largest absolute Gasteiger partial charge is 0.490 e. The Kier molecular flexibility index (Phi) is 8.52. The third-order valence-corrected chi connectivity index (χ3v) is 6.60. The highest BCUT2D eigenvalue weighted by atomic mass is 32.2. The fourth-order valence-corrected chi connectivity index (χ4v) is 5.09. The first-order valence-electron chi connectivity index (χ1n) is 10.3. The number of benzene rings is 1. The van der Waals surface area contributed by atoms with Gasteiger partial charge >= 0.3 is 5.97 Å². The molecule has 2 rings (SSSR count). The summed E-state index contributed by atoms with van der Waals surface area (Å²) in [4.78, 5) is 26.9. The predicted octanol–water partition coefficient (Wildman–Crippen LogP) is 2.46. The standard InChI is InChI=1S/C21H31NO7S/c1-5-11-28-18-9-8-16(13-19(18)27-7-3)21(24)29-15(4)20(23)22(6-2)17-10-12-30(25,26)14-17/h8-9,13,15,17H,5-7,10-12,14H2,1-4H3. The van der Waals surface area contributed by atoms with Gasteiger partial charge in [-0.15, -0.1) is 0 Å². The van der Waals surface area contributed by atoms with Crippen LogP contribution in [-0.4, -0.2) is 68.6 Å². The van der Waals surface area contributed by atoms with E-state index in [1.807, 2.05) is 13.8 Å². The fraction of sp³-hybridized carbons (Fsp3) is 0.619. The predicted molar refractivity (Wildman–Crippen MR) is 113 cm³/mol. The van der Waals surface area contributed by atoms with E-state index in [1.54, 1.807) is 19.1 Å². The van der Waals surface area contributed by atoms with Gasteiger partial charge < -0.3 is 19.1 Å². The zero-order valence-electron chi connectivity index (χ0n) is 18.0. The van der Waals surface area contributed by atoms with E-state index in [2.05, 4.69) is 0 Å². The molecule has 1 aromatic rings. The Bertz CT molecular complexity index is 853. The van der Waals surface area contributed by atoms with E-state index in [0.29, 0.717) is 37.7 Å². The number of sulfone groups is 1. The van der Waals surface area contributed by atoms with Crippen molar-refractivity contribution in [2.24, 2.45) is 0 Å². The van der Waals surface area contributed by atoms with Gasteiger partial charge in [0.1, 0.15) is 0 Å². The van der Waals surface area contributed by atoms with Gasteiger partial charge in [-0.25, -0.2) is 13.2 Å². The molecule has 2 unspecified atom stereocenters. The van der Waals surface area contributed by atoms with Gasteiger partial charge in [-0.05, 0) is 51.8 Å². The zero-order chi connectivity index (χ0) is 22.3. The van der Waals surface area contributed by atoms with Crippen LogP contribution in [0.4, 0.5) is 0 Å². The highest BCUT2D eigenvalue weighted by Crippen LogP contribution is 2.29. The SMILES string of the molecule is CCCOc1ccc(C(=O)OC(C)C(=O)N(CC)C2CCS(=O)(=O)C2)cc1OCC. The summed E-state index contributed by atoms with van der Waals surface area (Å²) in [6.45, 7) is 8.38. The molecule has 0 bridgehead atoms. The Hall–Kier alpha value is -2.29. The van der Waals surface area contributed by atoms with Gasteiger partial charge in [-0.2, -0.15) is 0 Å². The minimum Gasteiger partial charge on any atom is -0.490 e. The minimum absolute atomic E-state index is 0.0514. The molecule has 1 aliphatic heterocycles. The van der Waals surface area contributed by atoms with Crippen molar-refractivity contribution in [2.75, 3.05) is 31.3 Å². The van der Waals surface area contributed by atoms with Crippen LogP contribution >= 0.6 is 0 Å². The number of hydrogen-bond acceptors (Lipinski definition) is 7. The molecule has 8 nitrogen and oxygen atoms in total. The molecule has 1 aliphatic rings. The third-order valence-electron chi connectivity index (χ3n) is 4.85. The van der Waals surface area contributed by atoms with Crippen molar-refractivity contribution in [1.82, 2.24) is 4.90 Å². The smallest absolute Gasteiger partial charge is 0.339 e. The molecule has 0 aromatic heterocycles. The van der Waals surface area contributed by atoms with Crippen molar-refractivity contribution in [1.29, 1.82) is 0 Å². The molecular formula is C21H31NO7S. The van der Waals surface area contributed by atoms with Crippen LogP contribution in [0.3, 0.4) is 0 Å². The van der Waals surface area contributed by atoms with Crippen LogP contribution < -0.4 is 9.47 Å². The number of carbonyl (C=O) groups excluding carboxylic acids is 2. The molecule has 0 radical (unpaired) electrons. The van der Waals surface area contributed by atoms with Crippen LogP contribution in [-0.2, 0) is 19.4 Å². The lowest BCUT2D eigenvalue weighted by Crippen LogP contribution is -2.46. The van der Waals surface area contributed by atoms with E-state index < -0.39 is 27.8 Å². The van der Waals surface area contributed by atoms with Gasteiger partial charge in [0.05, 0.1) is 30.3 Å². The van der Waals surface area contributed by atoms with Crippen LogP contribution in [0.25, 0.3) is 0 Å². The molecule has 0 N–H and O–H groups in total. The summed E-state index contributed by atoms with van der Waals surface area (Å²) in [5.74, 6) is -0.0635. The number of ether oxygens (including phenoxy) is 3. The maximum atomic E-state index is 12.8. The summed E-state index contributed by atoms with van der Waals surface area (Å²) in [6.07, 6.45) is 0.206. The maximum Gasteiger partial charge on any atom is 0.339 e. The quantitative estimate of drug-likeness (QED) is 0.514. The van der Waals surface area contributed by atoms with Crippen molar-refractivity contribution in [3.8, 4) is 11.5 Å². The van der Waals surface area contributed by atoms with Crippen molar-refractivity contribution in [3.05, 3.63) is 23.8 Å². The highest BCUT2D eigenvalue weighted by Gasteiger charge is 2.36. The van der Waals surface area contributed by atoms with E-state index in [0.717, 1.165) is 6.42 Å². The second-order valence-corrected chi connectivity index (χ2v) is 9.40. The number of likely N-dealkylation sites (N-methyl/N-ethyl adjacent to an activating group) is 1. The van der Waals surface area contributed by atoms with Gasteiger partial charge in [-0.1, -0.05) is 6.92 Å². The Morgan fingerprint density at radius 1 is 1.17 bits per heavy atom. The molecule has 0 aliphatic carbocycles. The summed E-state index contributed by atoms with van der Waals surface area (Å²) in [7, 11) is -3.12. The highest BCUT2D eigenvalue weighted by molar-refractivity contribution is 7.91. The number of amides is 1. The van der Waals surface area contributed by atoms with Gasteiger partial charge in [0.25, 0.3) is 5.91 Å². The van der Waals surface area contributed by atoms with Crippen LogP contribution in [0, 0.1) is 0 Å². The van der Waals surface area contributed by atoms with E-state index in [4.69, 9.17) is 14.2 Å². The van der Waals surface area contributed by atoms with Gasteiger partial charge in [-0.3, -0.25) is 4.79 Å². The van der Waals surface area contributed by atoms with Gasteiger partial charge in [0.2, 0.25) is 0 Å². The fourth-order valence-electron chi connectivity index (χ4n) is 3.36. The Morgan fingerprint density at radius 2 is 1.90 bits per heavy atom. The summed E-state index contributed by atoms with van der Waals surface area (Å²) in [5, 5.41) is 0.